The van der Waals surface area contributed by atoms with E-state index >= 15 is 0 Å². The van der Waals surface area contributed by atoms with E-state index in [0.29, 0.717) is 10.6 Å². The maximum absolute atomic E-state index is 11.3. The first kappa shape index (κ1) is 13.3. The van der Waals surface area contributed by atoms with E-state index < -0.39 is 5.97 Å². The van der Waals surface area contributed by atoms with E-state index in [0.717, 1.165) is 0 Å². The van der Waals surface area contributed by atoms with Crippen molar-refractivity contribution < 1.29 is 19.8 Å². The summed E-state index contributed by atoms with van der Waals surface area (Å²) in [6, 6.07) is 4.46. The average Bonchev–Trinajstić information content (AvgIpc) is 2.27. The van der Waals surface area contributed by atoms with Crippen molar-refractivity contribution in [2.45, 2.75) is 12.8 Å². The first-order valence-electron chi connectivity index (χ1n) is 4.90. The number of carbonyl (C=O) groups is 2. The molecule has 90 valence electrons. The molecule has 0 aliphatic carbocycles. The van der Waals surface area contributed by atoms with Crippen molar-refractivity contribution >= 4 is 29.4 Å². The number of aliphatic carboxylic acids is 1. The third-order valence-electron chi connectivity index (χ3n) is 2.02. The number of halogens is 1. The van der Waals surface area contributed by atoms with E-state index in [1.807, 2.05) is 0 Å². The molecular formula is C12H11ClO4. The van der Waals surface area contributed by atoms with Gasteiger partial charge >= 0.3 is 5.97 Å². The van der Waals surface area contributed by atoms with Gasteiger partial charge in [0.25, 0.3) is 0 Å². The van der Waals surface area contributed by atoms with Gasteiger partial charge in [0.15, 0.2) is 5.78 Å². The van der Waals surface area contributed by atoms with Crippen molar-refractivity contribution in [1.29, 1.82) is 0 Å². The number of phenols is 1. The van der Waals surface area contributed by atoms with Gasteiger partial charge in [-0.15, -0.1) is 0 Å². The summed E-state index contributed by atoms with van der Waals surface area (Å²) in [6.45, 7) is 0. The van der Waals surface area contributed by atoms with E-state index in [4.69, 9.17) is 16.7 Å². The zero-order valence-corrected chi connectivity index (χ0v) is 9.65. The van der Waals surface area contributed by atoms with Gasteiger partial charge in [0.05, 0.1) is 6.42 Å². The van der Waals surface area contributed by atoms with Gasteiger partial charge in [-0.05, 0) is 30.4 Å². The lowest BCUT2D eigenvalue weighted by atomic mass is 10.1. The number of allylic oxidation sites excluding steroid dienone is 1. The number of carboxylic acids is 1. The number of ketones is 1. The molecule has 0 fully saturated rings. The molecule has 0 saturated carbocycles. The maximum Gasteiger partial charge on any atom is 0.303 e. The Morgan fingerprint density at radius 3 is 2.65 bits per heavy atom. The largest absolute Gasteiger partial charge is 0.507 e. The molecule has 0 aliphatic rings. The van der Waals surface area contributed by atoms with Crippen LogP contribution in [0.5, 0.6) is 5.75 Å². The van der Waals surface area contributed by atoms with Gasteiger partial charge in [-0.1, -0.05) is 11.6 Å². The van der Waals surface area contributed by atoms with Gasteiger partial charge in [-0.3, -0.25) is 9.59 Å². The first-order valence-corrected chi connectivity index (χ1v) is 5.28. The molecular weight excluding hydrogens is 244 g/mol. The van der Waals surface area contributed by atoms with Crippen molar-refractivity contribution in [3.05, 3.63) is 34.9 Å². The molecule has 1 rings (SSSR count). The number of aromatic hydroxyl groups is 1. The number of carboxylic acid groups (broad SMARTS) is 1. The number of phenolic OH excluding ortho intramolecular Hbond substituents is 1. The second-order valence-corrected chi connectivity index (χ2v) is 3.83. The third-order valence-corrected chi connectivity index (χ3v) is 2.26. The van der Waals surface area contributed by atoms with Crippen LogP contribution in [0.2, 0.25) is 5.02 Å². The highest BCUT2D eigenvalue weighted by molar-refractivity contribution is 6.30. The van der Waals surface area contributed by atoms with Gasteiger partial charge in [0.1, 0.15) is 5.75 Å². The van der Waals surface area contributed by atoms with Gasteiger partial charge < -0.3 is 10.2 Å². The molecule has 2 N–H and O–H groups in total. The monoisotopic (exact) mass is 254 g/mol. The highest BCUT2D eigenvalue weighted by Gasteiger charge is 2.03. The van der Waals surface area contributed by atoms with Crippen LogP contribution < -0.4 is 0 Å². The van der Waals surface area contributed by atoms with Gasteiger partial charge in [0.2, 0.25) is 0 Å². The van der Waals surface area contributed by atoms with Crippen LogP contribution in [0.3, 0.4) is 0 Å². The standard InChI is InChI=1S/C12H11ClO4/c13-9-2-5-11(15)8(7-9)1-3-10(14)4-6-12(16)17/h1-3,5,7,15H,4,6H2,(H,16,17). The van der Waals surface area contributed by atoms with Crippen LogP contribution in [0.25, 0.3) is 6.08 Å². The zero-order valence-electron chi connectivity index (χ0n) is 8.89. The molecule has 1 aromatic carbocycles. The highest BCUT2D eigenvalue weighted by atomic mass is 35.5. The van der Waals surface area contributed by atoms with Crippen LogP contribution in [0.1, 0.15) is 18.4 Å². The smallest absolute Gasteiger partial charge is 0.303 e. The summed E-state index contributed by atoms with van der Waals surface area (Å²) in [4.78, 5) is 21.5. The number of rotatable bonds is 5. The normalized spacial score (nSPS) is 10.6. The zero-order chi connectivity index (χ0) is 12.8. The van der Waals surface area contributed by atoms with Gasteiger partial charge in [-0.2, -0.15) is 0 Å². The average molecular weight is 255 g/mol. The molecule has 0 spiro atoms. The van der Waals surface area contributed by atoms with Crippen LogP contribution >= 0.6 is 11.6 Å². The highest BCUT2D eigenvalue weighted by Crippen LogP contribution is 2.22. The van der Waals surface area contributed by atoms with Crippen molar-refractivity contribution in [2.75, 3.05) is 0 Å². The Balaban J connectivity index is 2.67. The van der Waals surface area contributed by atoms with Gasteiger partial charge in [-0.25, -0.2) is 0 Å². The maximum atomic E-state index is 11.3. The molecule has 0 amide bonds. The Morgan fingerprint density at radius 1 is 1.29 bits per heavy atom. The van der Waals surface area contributed by atoms with Gasteiger partial charge in [0, 0.05) is 17.0 Å². The van der Waals surface area contributed by atoms with Crippen LogP contribution in [-0.4, -0.2) is 22.0 Å². The molecule has 4 nitrogen and oxygen atoms in total. The van der Waals surface area contributed by atoms with Crippen LogP contribution in [0.15, 0.2) is 24.3 Å². The fourth-order valence-corrected chi connectivity index (χ4v) is 1.34. The van der Waals surface area contributed by atoms with E-state index in [-0.39, 0.29) is 24.4 Å². The SMILES string of the molecule is O=C(O)CCC(=O)C=Cc1cc(Cl)ccc1O. The van der Waals surface area contributed by atoms with E-state index in [1.165, 1.54) is 30.4 Å². The summed E-state index contributed by atoms with van der Waals surface area (Å²) < 4.78 is 0. The van der Waals surface area contributed by atoms with Crippen molar-refractivity contribution in [2.24, 2.45) is 0 Å². The minimum atomic E-state index is -1.02. The molecule has 0 heterocycles. The molecule has 0 aliphatic heterocycles. The summed E-state index contributed by atoms with van der Waals surface area (Å²) in [5.41, 5.74) is 0.418. The van der Waals surface area contributed by atoms with Crippen LogP contribution in [-0.2, 0) is 9.59 Å². The second-order valence-electron chi connectivity index (χ2n) is 3.40. The molecule has 0 atom stereocenters. The van der Waals surface area contributed by atoms with Crippen molar-refractivity contribution in [1.82, 2.24) is 0 Å². The van der Waals surface area contributed by atoms with E-state index in [2.05, 4.69) is 0 Å². The third kappa shape index (κ3) is 4.70. The van der Waals surface area contributed by atoms with Crippen molar-refractivity contribution in [3.63, 3.8) is 0 Å². The molecule has 0 saturated heterocycles. The summed E-state index contributed by atoms with van der Waals surface area (Å²) in [6.07, 6.45) is 2.37. The lowest BCUT2D eigenvalue weighted by Crippen LogP contribution is -1.99. The molecule has 0 aromatic heterocycles. The minimum absolute atomic E-state index is 0.0108. The predicted molar refractivity (Wildman–Crippen MR) is 64.0 cm³/mol. The van der Waals surface area contributed by atoms with Crippen LogP contribution in [0, 0.1) is 0 Å². The van der Waals surface area contributed by atoms with E-state index in [9.17, 15) is 14.7 Å². The Kier molecular flexibility index (Phi) is 4.72. The number of hydrogen-bond acceptors (Lipinski definition) is 3. The molecule has 1 aromatic rings. The second kappa shape index (κ2) is 6.06. The van der Waals surface area contributed by atoms with Crippen LogP contribution in [0.4, 0.5) is 0 Å². The summed E-state index contributed by atoms with van der Waals surface area (Å²) in [5.74, 6) is -1.32. The molecule has 17 heavy (non-hydrogen) atoms. The minimum Gasteiger partial charge on any atom is -0.507 e. The number of carbonyl (C=O) groups excluding carboxylic acids is 1. The fourth-order valence-electron chi connectivity index (χ4n) is 1.16. The molecule has 0 radical (unpaired) electrons. The summed E-state index contributed by atoms with van der Waals surface area (Å²) in [7, 11) is 0. The topological polar surface area (TPSA) is 74.6 Å². The summed E-state index contributed by atoms with van der Waals surface area (Å²) in [5, 5.41) is 18.3. The molecule has 0 bridgehead atoms. The fraction of sp³-hybridized carbons (Fsp3) is 0.167. The number of hydrogen-bond donors (Lipinski definition) is 2. The summed E-state index contributed by atoms with van der Waals surface area (Å²) >= 11 is 5.73. The predicted octanol–water partition coefficient (Wildman–Crippen LogP) is 2.49. The lowest BCUT2D eigenvalue weighted by molar-refractivity contribution is -0.138. The quantitative estimate of drug-likeness (QED) is 0.792. The Labute approximate surface area is 103 Å². The number of benzene rings is 1. The molecule has 0 unspecified atom stereocenters. The molecule has 5 heteroatoms. The van der Waals surface area contributed by atoms with Crippen molar-refractivity contribution in [3.8, 4) is 5.75 Å². The Bertz CT molecular complexity index is 466. The first-order chi connectivity index (χ1) is 7.99. The lowest BCUT2D eigenvalue weighted by Gasteiger charge is -1.99. The van der Waals surface area contributed by atoms with E-state index in [1.54, 1.807) is 0 Å². The Morgan fingerprint density at radius 2 is 2.00 bits per heavy atom. The Hall–Kier alpha value is -1.81.